The van der Waals surface area contributed by atoms with E-state index in [0.717, 1.165) is 0 Å². The summed E-state index contributed by atoms with van der Waals surface area (Å²) in [5.74, 6) is -2.24. The standard InChI is InChI=1S/C24H28Cl2F2N6OS/c1-22(2,3)36(35)33-21-23(7-8-24(21,27)28)9-11-34(12-10-23)16-13-29-19-18(31-32-20(19)30-16)14-5-4-6-15(25)17(14)26/h4-6,13,21,33H,7-12H2,1-3H3,(H,30,31,32)/t21-,36?/m1/s1. The normalized spacial score (nSPS) is 22.4. The Kier molecular flexibility index (Phi) is 6.65. The van der Waals surface area contributed by atoms with Gasteiger partial charge in [0.15, 0.2) is 5.65 Å². The maximum absolute atomic E-state index is 14.9. The number of rotatable bonds is 4. The average molecular weight is 557 g/mol. The van der Waals surface area contributed by atoms with Gasteiger partial charge in [0.05, 0.1) is 16.2 Å². The maximum atomic E-state index is 14.9. The number of nitrogens with one attached hydrogen (secondary N) is 2. The van der Waals surface area contributed by atoms with Crippen molar-refractivity contribution >= 4 is 51.5 Å². The molecule has 1 saturated heterocycles. The van der Waals surface area contributed by atoms with Gasteiger partial charge in [0.1, 0.15) is 27.8 Å². The third-order valence-corrected chi connectivity index (χ3v) is 9.70. The summed E-state index contributed by atoms with van der Waals surface area (Å²) < 4.78 is 44.7. The lowest BCUT2D eigenvalue weighted by atomic mass is 9.74. The van der Waals surface area contributed by atoms with Crippen molar-refractivity contribution in [1.82, 2.24) is 24.9 Å². The molecular weight excluding hydrogens is 529 g/mol. The van der Waals surface area contributed by atoms with Crippen LogP contribution < -0.4 is 9.62 Å². The number of alkyl halides is 2. The van der Waals surface area contributed by atoms with Crippen molar-refractivity contribution in [3.63, 3.8) is 0 Å². The summed E-state index contributed by atoms with van der Waals surface area (Å²) in [5.41, 5.74) is 1.68. The monoisotopic (exact) mass is 556 g/mol. The molecule has 194 valence electrons. The highest BCUT2D eigenvalue weighted by Gasteiger charge is 2.61. The molecule has 1 unspecified atom stereocenters. The van der Waals surface area contributed by atoms with E-state index in [1.807, 2.05) is 6.07 Å². The summed E-state index contributed by atoms with van der Waals surface area (Å²) in [5, 5.41) is 8.09. The number of hydrogen-bond donors (Lipinski definition) is 2. The predicted molar refractivity (Wildman–Crippen MR) is 140 cm³/mol. The van der Waals surface area contributed by atoms with Gasteiger partial charge in [-0.05, 0) is 51.5 Å². The van der Waals surface area contributed by atoms with Crippen LogP contribution in [0.1, 0.15) is 46.5 Å². The first-order valence-electron chi connectivity index (χ1n) is 11.9. The zero-order chi connectivity index (χ0) is 25.9. The Labute approximate surface area is 221 Å². The predicted octanol–water partition coefficient (Wildman–Crippen LogP) is 5.76. The van der Waals surface area contributed by atoms with Crippen LogP contribution in [-0.4, -0.2) is 54.5 Å². The van der Waals surface area contributed by atoms with Crippen molar-refractivity contribution in [1.29, 1.82) is 0 Å². The van der Waals surface area contributed by atoms with Crippen molar-refractivity contribution in [2.75, 3.05) is 18.0 Å². The second-order valence-corrected chi connectivity index (χ2v) is 13.4. The molecule has 0 radical (unpaired) electrons. The highest BCUT2D eigenvalue weighted by atomic mass is 35.5. The van der Waals surface area contributed by atoms with Crippen LogP contribution in [0.25, 0.3) is 22.4 Å². The molecule has 0 bridgehead atoms. The van der Waals surface area contributed by atoms with E-state index in [1.165, 1.54) is 0 Å². The molecule has 2 atom stereocenters. The molecule has 1 aliphatic carbocycles. The highest BCUT2D eigenvalue weighted by Crippen LogP contribution is 2.53. The van der Waals surface area contributed by atoms with Crippen molar-refractivity contribution in [3.05, 3.63) is 34.4 Å². The van der Waals surface area contributed by atoms with Crippen LogP contribution in [-0.2, 0) is 11.4 Å². The van der Waals surface area contributed by atoms with E-state index in [4.69, 9.17) is 28.2 Å². The third kappa shape index (κ3) is 4.55. The van der Waals surface area contributed by atoms with Gasteiger partial charge in [0.2, 0.25) is 0 Å². The number of benzene rings is 1. The number of piperidine rings is 1. The first-order chi connectivity index (χ1) is 16.9. The molecule has 5 rings (SSSR count). The van der Waals surface area contributed by atoms with Crippen molar-refractivity contribution in [2.45, 2.75) is 63.2 Å². The SMILES string of the molecule is CC(C)(C)[S+]([O-])N[C@H]1C(F)(F)CCC12CCN(c1cnc3c(-c4cccc(Cl)c4Cl)n[nH]c3n1)CC2. The minimum absolute atomic E-state index is 0.194. The Morgan fingerprint density at radius 2 is 1.89 bits per heavy atom. The smallest absolute Gasteiger partial charge is 0.268 e. The number of fused-ring (bicyclic) bond motifs is 1. The van der Waals surface area contributed by atoms with Gasteiger partial charge in [-0.25, -0.2) is 18.7 Å². The van der Waals surface area contributed by atoms with Crippen molar-refractivity contribution in [2.24, 2.45) is 5.41 Å². The highest BCUT2D eigenvalue weighted by molar-refractivity contribution is 7.90. The van der Waals surface area contributed by atoms with Gasteiger partial charge in [-0.15, -0.1) is 4.72 Å². The van der Waals surface area contributed by atoms with Crippen LogP contribution in [0.3, 0.4) is 0 Å². The quantitative estimate of drug-likeness (QED) is 0.396. The second-order valence-electron chi connectivity index (χ2n) is 10.6. The largest absolute Gasteiger partial charge is 0.598 e. The fourth-order valence-corrected chi connectivity index (χ4v) is 6.57. The van der Waals surface area contributed by atoms with Crippen LogP contribution in [0.5, 0.6) is 0 Å². The summed E-state index contributed by atoms with van der Waals surface area (Å²) in [6.45, 7) is 6.47. The molecule has 0 amide bonds. The maximum Gasteiger partial charge on any atom is 0.268 e. The fourth-order valence-electron chi connectivity index (χ4n) is 5.19. The topological polar surface area (TPSA) is 92.8 Å². The molecule has 1 spiro atoms. The molecule has 2 aromatic heterocycles. The van der Waals surface area contributed by atoms with E-state index >= 15 is 0 Å². The van der Waals surface area contributed by atoms with E-state index in [0.29, 0.717) is 70.6 Å². The van der Waals surface area contributed by atoms with Gasteiger partial charge in [-0.1, -0.05) is 35.3 Å². The van der Waals surface area contributed by atoms with E-state index in [2.05, 4.69) is 24.8 Å². The van der Waals surface area contributed by atoms with Crippen LogP contribution >= 0.6 is 23.2 Å². The van der Waals surface area contributed by atoms with Gasteiger partial charge in [-0.3, -0.25) is 5.10 Å². The number of nitrogens with zero attached hydrogens (tertiary/aromatic N) is 4. The van der Waals surface area contributed by atoms with Crippen LogP contribution in [0, 0.1) is 5.41 Å². The molecule has 2 fully saturated rings. The first-order valence-corrected chi connectivity index (χ1v) is 13.8. The summed E-state index contributed by atoms with van der Waals surface area (Å²) in [4.78, 5) is 11.3. The fraction of sp³-hybridized carbons (Fsp3) is 0.542. The Bertz CT molecular complexity index is 1280. The lowest BCUT2D eigenvalue weighted by molar-refractivity contribution is -0.0344. The zero-order valence-electron chi connectivity index (χ0n) is 20.2. The van der Waals surface area contributed by atoms with Crippen LogP contribution in [0.2, 0.25) is 10.0 Å². The lowest BCUT2D eigenvalue weighted by Gasteiger charge is -2.44. The molecule has 1 saturated carbocycles. The number of halogens is 4. The minimum atomic E-state index is -2.89. The molecule has 7 nitrogen and oxygen atoms in total. The minimum Gasteiger partial charge on any atom is -0.598 e. The Morgan fingerprint density at radius 1 is 1.17 bits per heavy atom. The Hall–Kier alpha value is -1.72. The van der Waals surface area contributed by atoms with Gasteiger partial charge in [-0.2, -0.15) is 5.10 Å². The molecular formula is C24H28Cl2F2N6OS. The second kappa shape index (κ2) is 9.23. The molecule has 3 heterocycles. The van der Waals surface area contributed by atoms with E-state index in [-0.39, 0.29) is 6.42 Å². The summed E-state index contributed by atoms with van der Waals surface area (Å²) in [6.07, 6.45) is 2.98. The van der Waals surface area contributed by atoms with E-state index < -0.39 is 33.5 Å². The molecule has 2 N–H and O–H groups in total. The summed E-state index contributed by atoms with van der Waals surface area (Å²) >= 11 is 10.9. The Morgan fingerprint density at radius 3 is 2.58 bits per heavy atom. The number of aromatic nitrogens is 4. The molecule has 12 heteroatoms. The summed E-state index contributed by atoms with van der Waals surface area (Å²) in [7, 11) is 0. The average Bonchev–Trinajstić information content (AvgIpc) is 3.35. The van der Waals surface area contributed by atoms with E-state index in [9.17, 15) is 13.3 Å². The number of H-pyrrole nitrogens is 1. The molecule has 2 aliphatic rings. The third-order valence-electron chi connectivity index (χ3n) is 7.32. The van der Waals surface area contributed by atoms with Crippen LogP contribution in [0.15, 0.2) is 24.4 Å². The van der Waals surface area contributed by atoms with Gasteiger partial charge in [0, 0.05) is 36.4 Å². The van der Waals surface area contributed by atoms with Gasteiger partial charge in [0.25, 0.3) is 5.92 Å². The van der Waals surface area contributed by atoms with E-state index in [1.54, 1.807) is 39.1 Å². The zero-order valence-corrected chi connectivity index (χ0v) is 22.6. The van der Waals surface area contributed by atoms with Gasteiger partial charge < -0.3 is 9.45 Å². The lowest BCUT2D eigenvalue weighted by Crippen LogP contribution is -2.58. The molecule has 1 aromatic carbocycles. The van der Waals surface area contributed by atoms with Gasteiger partial charge >= 0.3 is 0 Å². The number of aromatic amines is 1. The first kappa shape index (κ1) is 25.9. The van der Waals surface area contributed by atoms with Crippen molar-refractivity contribution in [3.8, 4) is 11.3 Å². The van der Waals surface area contributed by atoms with Crippen molar-refractivity contribution < 1.29 is 13.3 Å². The van der Waals surface area contributed by atoms with Crippen LogP contribution in [0.4, 0.5) is 14.6 Å². The summed E-state index contributed by atoms with van der Waals surface area (Å²) in [6, 6.07) is 4.20. The number of anilines is 1. The molecule has 3 aromatic rings. The molecule has 1 aliphatic heterocycles. The Balaban J connectivity index is 1.35. The molecule has 36 heavy (non-hydrogen) atoms. The number of hydrogen-bond acceptors (Lipinski definition) is 6.